The molecule has 1 aliphatic heterocycles. The molecule has 0 spiro atoms. The third-order valence-corrected chi connectivity index (χ3v) is 6.51. The maximum atomic E-state index is 12.7. The summed E-state index contributed by atoms with van der Waals surface area (Å²) in [5.41, 5.74) is 3.75. The highest BCUT2D eigenvalue weighted by Gasteiger charge is 2.36. The Morgan fingerprint density at radius 3 is 2.60 bits per heavy atom. The number of furan rings is 1. The molecule has 1 amide bonds. The number of halogens is 1. The van der Waals surface area contributed by atoms with Crippen molar-refractivity contribution in [1.29, 1.82) is 0 Å². The summed E-state index contributed by atoms with van der Waals surface area (Å²) in [6, 6.07) is 21.3. The topological polar surface area (TPSA) is 51.3 Å². The Balaban J connectivity index is 1.59. The Bertz CT molecular complexity index is 1160. The molecule has 0 bridgehead atoms. The van der Waals surface area contributed by atoms with Crippen LogP contribution in [0.2, 0.25) is 5.02 Å². The first-order valence-corrected chi connectivity index (χ1v) is 11.0. The fourth-order valence-electron chi connectivity index (χ4n) is 3.57. The van der Waals surface area contributed by atoms with Gasteiger partial charge in [-0.15, -0.1) is 11.8 Å². The van der Waals surface area contributed by atoms with Crippen LogP contribution in [0.5, 0.6) is 0 Å². The summed E-state index contributed by atoms with van der Waals surface area (Å²) in [6.07, 6.45) is 3.65. The summed E-state index contributed by atoms with van der Waals surface area (Å²) in [7, 11) is 0. The van der Waals surface area contributed by atoms with Crippen molar-refractivity contribution < 1.29 is 9.21 Å². The van der Waals surface area contributed by atoms with Gasteiger partial charge in [-0.05, 0) is 36.4 Å². The number of hydrogen-bond donors (Lipinski definition) is 0. The fourth-order valence-corrected chi connectivity index (χ4v) is 4.88. The molecule has 2 aromatic heterocycles. The van der Waals surface area contributed by atoms with E-state index in [4.69, 9.17) is 21.1 Å². The Morgan fingerprint density at radius 1 is 1.07 bits per heavy atom. The van der Waals surface area contributed by atoms with Gasteiger partial charge in [0.05, 0.1) is 29.9 Å². The molecular weight excluding hydrogens is 418 g/mol. The van der Waals surface area contributed by atoms with Gasteiger partial charge in [0.1, 0.15) is 11.1 Å². The van der Waals surface area contributed by atoms with Crippen molar-refractivity contribution in [3.8, 4) is 16.9 Å². The SMILES string of the molecule is O=C1CSC(c2cn(-c3ccccc3)nc2-c2ccc(Cl)cc2)N1Cc1ccco1. The number of benzene rings is 2. The number of hydrogen-bond acceptors (Lipinski definition) is 4. The lowest BCUT2D eigenvalue weighted by Crippen LogP contribution is -2.27. The lowest BCUT2D eigenvalue weighted by atomic mass is 10.1. The first-order chi connectivity index (χ1) is 14.7. The summed E-state index contributed by atoms with van der Waals surface area (Å²) in [6.45, 7) is 0.431. The van der Waals surface area contributed by atoms with Gasteiger partial charge in [0.2, 0.25) is 5.91 Å². The van der Waals surface area contributed by atoms with E-state index in [1.807, 2.05) is 82.5 Å². The van der Waals surface area contributed by atoms with Crippen molar-refractivity contribution >= 4 is 29.3 Å². The standard InChI is InChI=1S/C23H18ClN3O2S/c24-17-10-8-16(9-11-17)22-20(14-27(25-22)18-5-2-1-3-6-18)23-26(21(28)15-30-23)13-19-7-4-12-29-19/h1-12,14,23H,13,15H2. The number of carbonyl (C=O) groups is 1. The van der Waals surface area contributed by atoms with E-state index in [1.54, 1.807) is 18.0 Å². The van der Waals surface area contributed by atoms with Gasteiger partial charge in [0.15, 0.2) is 0 Å². The van der Waals surface area contributed by atoms with Gasteiger partial charge in [-0.1, -0.05) is 41.9 Å². The van der Waals surface area contributed by atoms with E-state index < -0.39 is 0 Å². The van der Waals surface area contributed by atoms with Gasteiger partial charge in [0, 0.05) is 22.3 Å². The van der Waals surface area contributed by atoms with Gasteiger partial charge in [-0.25, -0.2) is 4.68 Å². The molecule has 1 aliphatic rings. The minimum absolute atomic E-state index is 0.0934. The van der Waals surface area contributed by atoms with Gasteiger partial charge in [0.25, 0.3) is 0 Å². The van der Waals surface area contributed by atoms with Crippen LogP contribution in [0.15, 0.2) is 83.6 Å². The zero-order valence-electron chi connectivity index (χ0n) is 15.9. The quantitative estimate of drug-likeness (QED) is 0.411. The van der Waals surface area contributed by atoms with Crippen LogP contribution in [-0.4, -0.2) is 26.3 Å². The second-order valence-corrected chi connectivity index (χ2v) is 8.49. The van der Waals surface area contributed by atoms with Crippen LogP contribution in [0.3, 0.4) is 0 Å². The maximum Gasteiger partial charge on any atom is 0.234 e. The van der Waals surface area contributed by atoms with Crippen molar-refractivity contribution in [1.82, 2.24) is 14.7 Å². The normalized spacial score (nSPS) is 16.4. The molecule has 5 rings (SSSR count). The molecular formula is C23H18ClN3O2S. The number of rotatable bonds is 5. The van der Waals surface area contributed by atoms with E-state index in [0.717, 1.165) is 28.3 Å². The number of para-hydroxylation sites is 1. The Labute approximate surface area is 183 Å². The molecule has 2 aromatic carbocycles. The molecule has 1 saturated heterocycles. The fraction of sp³-hybridized carbons (Fsp3) is 0.130. The summed E-state index contributed by atoms with van der Waals surface area (Å²) in [4.78, 5) is 14.5. The van der Waals surface area contributed by atoms with E-state index in [9.17, 15) is 4.79 Å². The van der Waals surface area contributed by atoms with Crippen molar-refractivity contribution in [3.05, 3.63) is 95.5 Å². The van der Waals surface area contributed by atoms with E-state index >= 15 is 0 Å². The summed E-state index contributed by atoms with van der Waals surface area (Å²) >= 11 is 7.71. The summed E-state index contributed by atoms with van der Waals surface area (Å²) in [5.74, 6) is 1.29. The highest BCUT2D eigenvalue weighted by Crippen LogP contribution is 2.43. The molecule has 0 N–H and O–H groups in total. The summed E-state index contributed by atoms with van der Waals surface area (Å²) in [5, 5.41) is 5.41. The van der Waals surface area contributed by atoms with E-state index in [0.29, 0.717) is 17.3 Å². The zero-order chi connectivity index (χ0) is 20.5. The maximum absolute atomic E-state index is 12.7. The molecule has 7 heteroatoms. The molecule has 150 valence electrons. The molecule has 3 heterocycles. The number of amides is 1. The Hall–Kier alpha value is -2.96. The third kappa shape index (κ3) is 3.64. The predicted molar refractivity (Wildman–Crippen MR) is 118 cm³/mol. The van der Waals surface area contributed by atoms with Crippen LogP contribution in [0.1, 0.15) is 16.7 Å². The average molecular weight is 436 g/mol. The van der Waals surface area contributed by atoms with Gasteiger partial charge in [-0.2, -0.15) is 5.10 Å². The Morgan fingerprint density at radius 2 is 1.87 bits per heavy atom. The highest BCUT2D eigenvalue weighted by molar-refractivity contribution is 8.00. The molecule has 0 aliphatic carbocycles. The smallest absolute Gasteiger partial charge is 0.234 e. The highest BCUT2D eigenvalue weighted by atomic mass is 35.5. The van der Waals surface area contributed by atoms with Crippen molar-refractivity contribution in [3.63, 3.8) is 0 Å². The zero-order valence-corrected chi connectivity index (χ0v) is 17.5. The predicted octanol–water partition coefficient (Wildman–Crippen LogP) is 5.56. The minimum atomic E-state index is -0.147. The molecule has 0 radical (unpaired) electrons. The number of nitrogens with zero attached hydrogens (tertiary/aromatic N) is 3. The van der Waals surface area contributed by atoms with Gasteiger partial charge < -0.3 is 9.32 Å². The largest absolute Gasteiger partial charge is 0.467 e. The monoisotopic (exact) mass is 435 g/mol. The lowest BCUT2D eigenvalue weighted by Gasteiger charge is -2.23. The van der Waals surface area contributed by atoms with E-state index in [-0.39, 0.29) is 11.3 Å². The molecule has 0 saturated carbocycles. The van der Waals surface area contributed by atoms with E-state index in [1.165, 1.54) is 0 Å². The number of thioether (sulfide) groups is 1. The number of carbonyl (C=O) groups excluding carboxylic acids is 1. The first-order valence-electron chi connectivity index (χ1n) is 9.53. The van der Waals surface area contributed by atoms with Gasteiger partial charge >= 0.3 is 0 Å². The summed E-state index contributed by atoms with van der Waals surface area (Å²) < 4.78 is 7.36. The molecule has 30 heavy (non-hydrogen) atoms. The van der Waals surface area contributed by atoms with Crippen LogP contribution < -0.4 is 0 Å². The molecule has 4 aromatic rings. The second kappa shape index (κ2) is 8.05. The molecule has 1 fully saturated rings. The van der Waals surface area contributed by atoms with Gasteiger partial charge in [-0.3, -0.25) is 4.79 Å². The van der Waals surface area contributed by atoms with Crippen LogP contribution in [0, 0.1) is 0 Å². The van der Waals surface area contributed by atoms with Crippen molar-refractivity contribution in [2.75, 3.05) is 5.75 Å². The molecule has 5 nitrogen and oxygen atoms in total. The average Bonchev–Trinajstić information content (AvgIpc) is 3.51. The third-order valence-electron chi connectivity index (χ3n) is 5.02. The van der Waals surface area contributed by atoms with Crippen molar-refractivity contribution in [2.45, 2.75) is 11.9 Å². The first kappa shape index (κ1) is 19.0. The molecule has 1 atom stereocenters. The van der Waals surface area contributed by atoms with Crippen LogP contribution in [0.4, 0.5) is 0 Å². The van der Waals surface area contributed by atoms with Crippen LogP contribution in [0.25, 0.3) is 16.9 Å². The number of aromatic nitrogens is 2. The van der Waals surface area contributed by atoms with Crippen LogP contribution >= 0.6 is 23.4 Å². The minimum Gasteiger partial charge on any atom is -0.467 e. The van der Waals surface area contributed by atoms with Crippen LogP contribution in [-0.2, 0) is 11.3 Å². The van der Waals surface area contributed by atoms with Crippen molar-refractivity contribution in [2.24, 2.45) is 0 Å². The van der Waals surface area contributed by atoms with E-state index in [2.05, 4.69) is 0 Å². The lowest BCUT2D eigenvalue weighted by molar-refractivity contribution is -0.128. The molecule has 1 unspecified atom stereocenters. The Kier molecular flexibility index (Phi) is 5.11. The second-order valence-electron chi connectivity index (χ2n) is 6.98.